The Kier molecular flexibility index (Phi) is 3.91. The zero-order valence-corrected chi connectivity index (χ0v) is 13.0. The van der Waals surface area contributed by atoms with E-state index < -0.39 is 5.54 Å². The number of amides is 2. The van der Waals surface area contributed by atoms with E-state index in [1.807, 2.05) is 41.0 Å². The SMILES string of the molecule is Cc1ccc(N2CCCC3(CCCN3CC(N)=O)C2=O)cc1. The van der Waals surface area contributed by atoms with Crippen LogP contribution in [0.3, 0.4) is 0 Å². The molecule has 1 unspecified atom stereocenters. The van der Waals surface area contributed by atoms with Crippen LogP contribution in [0.4, 0.5) is 5.69 Å². The van der Waals surface area contributed by atoms with Crippen molar-refractivity contribution in [2.75, 3.05) is 24.5 Å². The molecule has 0 radical (unpaired) electrons. The lowest BCUT2D eigenvalue weighted by Crippen LogP contribution is -2.61. The number of carbonyl (C=O) groups is 2. The molecular weight excluding hydrogens is 278 g/mol. The van der Waals surface area contributed by atoms with E-state index in [0.29, 0.717) is 0 Å². The lowest BCUT2D eigenvalue weighted by Gasteiger charge is -2.44. The molecule has 0 aromatic heterocycles. The van der Waals surface area contributed by atoms with Crippen molar-refractivity contribution in [3.05, 3.63) is 29.8 Å². The average Bonchev–Trinajstić information content (AvgIpc) is 2.86. The lowest BCUT2D eigenvalue weighted by atomic mass is 9.85. The Morgan fingerprint density at radius 1 is 1.18 bits per heavy atom. The maximum absolute atomic E-state index is 13.2. The predicted octanol–water partition coefficient (Wildman–Crippen LogP) is 1.44. The molecule has 0 aliphatic carbocycles. The Bertz CT molecular complexity index is 584. The topological polar surface area (TPSA) is 66.6 Å². The molecule has 1 atom stereocenters. The van der Waals surface area contributed by atoms with Gasteiger partial charge in [0.2, 0.25) is 11.8 Å². The summed E-state index contributed by atoms with van der Waals surface area (Å²) in [4.78, 5) is 28.4. The minimum absolute atomic E-state index is 0.126. The number of piperidine rings is 1. The molecule has 2 aliphatic rings. The van der Waals surface area contributed by atoms with Crippen LogP contribution in [0.15, 0.2) is 24.3 Å². The summed E-state index contributed by atoms with van der Waals surface area (Å²) >= 11 is 0. The number of primary amides is 1. The molecule has 2 saturated heterocycles. The van der Waals surface area contributed by atoms with Crippen LogP contribution >= 0.6 is 0 Å². The van der Waals surface area contributed by atoms with Gasteiger partial charge in [-0.15, -0.1) is 0 Å². The first kappa shape index (κ1) is 15.0. The van der Waals surface area contributed by atoms with E-state index in [1.54, 1.807) is 0 Å². The second kappa shape index (κ2) is 5.72. The van der Waals surface area contributed by atoms with Gasteiger partial charge >= 0.3 is 0 Å². The molecule has 22 heavy (non-hydrogen) atoms. The summed E-state index contributed by atoms with van der Waals surface area (Å²) < 4.78 is 0. The highest BCUT2D eigenvalue weighted by molar-refractivity contribution is 6.01. The van der Waals surface area contributed by atoms with Crippen LogP contribution in [-0.2, 0) is 9.59 Å². The molecule has 1 spiro atoms. The Morgan fingerprint density at radius 2 is 1.82 bits per heavy atom. The van der Waals surface area contributed by atoms with E-state index in [-0.39, 0.29) is 18.4 Å². The largest absolute Gasteiger partial charge is 0.369 e. The number of aryl methyl sites for hydroxylation is 1. The average molecular weight is 301 g/mol. The Labute approximate surface area is 131 Å². The molecule has 0 saturated carbocycles. The van der Waals surface area contributed by atoms with Gasteiger partial charge in [-0.05, 0) is 51.3 Å². The molecule has 2 heterocycles. The minimum atomic E-state index is -0.530. The van der Waals surface area contributed by atoms with Crippen molar-refractivity contribution >= 4 is 17.5 Å². The smallest absolute Gasteiger partial charge is 0.247 e. The normalized spacial score (nSPS) is 25.9. The van der Waals surface area contributed by atoms with Gasteiger partial charge in [0.25, 0.3) is 0 Å². The van der Waals surface area contributed by atoms with Crippen molar-refractivity contribution in [2.24, 2.45) is 5.73 Å². The van der Waals surface area contributed by atoms with Gasteiger partial charge in [0.05, 0.1) is 6.54 Å². The summed E-state index contributed by atoms with van der Waals surface area (Å²) in [6, 6.07) is 8.05. The molecule has 2 N–H and O–H groups in total. The Balaban J connectivity index is 1.88. The molecular formula is C17H23N3O2. The summed E-state index contributed by atoms with van der Waals surface area (Å²) in [7, 11) is 0. The van der Waals surface area contributed by atoms with Crippen molar-refractivity contribution in [1.29, 1.82) is 0 Å². The van der Waals surface area contributed by atoms with Gasteiger partial charge in [-0.25, -0.2) is 0 Å². The third-order valence-corrected chi connectivity index (χ3v) is 4.93. The highest BCUT2D eigenvalue weighted by atomic mass is 16.2. The van der Waals surface area contributed by atoms with E-state index in [4.69, 9.17) is 5.73 Å². The quantitative estimate of drug-likeness (QED) is 0.918. The van der Waals surface area contributed by atoms with Crippen LogP contribution < -0.4 is 10.6 Å². The first-order valence-corrected chi connectivity index (χ1v) is 7.95. The van der Waals surface area contributed by atoms with E-state index in [9.17, 15) is 9.59 Å². The number of hydrogen-bond donors (Lipinski definition) is 1. The van der Waals surface area contributed by atoms with Crippen LogP contribution in [0.2, 0.25) is 0 Å². The molecule has 2 amide bonds. The molecule has 5 heteroatoms. The maximum Gasteiger partial charge on any atom is 0.247 e. The number of rotatable bonds is 3. The zero-order valence-electron chi connectivity index (χ0n) is 13.0. The van der Waals surface area contributed by atoms with Crippen LogP contribution in [0.1, 0.15) is 31.2 Å². The van der Waals surface area contributed by atoms with E-state index in [2.05, 4.69) is 0 Å². The van der Waals surface area contributed by atoms with Gasteiger partial charge in [-0.3, -0.25) is 14.5 Å². The second-order valence-corrected chi connectivity index (χ2v) is 6.42. The van der Waals surface area contributed by atoms with Crippen LogP contribution in [-0.4, -0.2) is 41.9 Å². The first-order valence-electron chi connectivity index (χ1n) is 7.95. The fourth-order valence-corrected chi connectivity index (χ4v) is 3.84. The van der Waals surface area contributed by atoms with Crippen molar-refractivity contribution < 1.29 is 9.59 Å². The summed E-state index contributed by atoms with van der Waals surface area (Å²) in [6.07, 6.45) is 3.54. The minimum Gasteiger partial charge on any atom is -0.369 e. The molecule has 2 fully saturated rings. The molecule has 1 aromatic rings. The van der Waals surface area contributed by atoms with E-state index in [0.717, 1.165) is 44.5 Å². The van der Waals surface area contributed by atoms with Crippen molar-refractivity contribution in [3.63, 3.8) is 0 Å². The summed E-state index contributed by atoms with van der Waals surface area (Å²) in [5, 5.41) is 0. The molecule has 3 rings (SSSR count). The Morgan fingerprint density at radius 3 is 2.45 bits per heavy atom. The fourth-order valence-electron chi connectivity index (χ4n) is 3.84. The van der Waals surface area contributed by atoms with Gasteiger partial charge < -0.3 is 10.6 Å². The van der Waals surface area contributed by atoms with Gasteiger partial charge in [0, 0.05) is 12.2 Å². The lowest BCUT2D eigenvalue weighted by molar-refractivity contribution is -0.133. The van der Waals surface area contributed by atoms with Gasteiger partial charge in [-0.2, -0.15) is 0 Å². The monoisotopic (exact) mass is 301 g/mol. The van der Waals surface area contributed by atoms with Crippen LogP contribution in [0, 0.1) is 6.92 Å². The van der Waals surface area contributed by atoms with E-state index in [1.165, 1.54) is 5.56 Å². The molecule has 5 nitrogen and oxygen atoms in total. The highest BCUT2D eigenvalue weighted by Crippen LogP contribution is 2.39. The van der Waals surface area contributed by atoms with Crippen LogP contribution in [0.5, 0.6) is 0 Å². The van der Waals surface area contributed by atoms with Crippen molar-refractivity contribution in [2.45, 2.75) is 38.1 Å². The maximum atomic E-state index is 13.2. The third-order valence-electron chi connectivity index (χ3n) is 4.93. The second-order valence-electron chi connectivity index (χ2n) is 6.42. The number of nitrogens with zero attached hydrogens (tertiary/aromatic N) is 2. The predicted molar refractivity (Wildman–Crippen MR) is 85.5 cm³/mol. The number of benzene rings is 1. The summed E-state index contributed by atoms with van der Waals surface area (Å²) in [5.41, 5.74) is 6.96. The number of likely N-dealkylation sites (tertiary alicyclic amines) is 1. The zero-order chi connectivity index (χ0) is 15.7. The standard InChI is InChI=1S/C17H23N3O2/c1-13-4-6-14(7-5-13)20-11-3-9-17(16(20)22)8-2-10-19(17)12-15(18)21/h4-7H,2-3,8-12H2,1H3,(H2,18,21). The first-order chi connectivity index (χ1) is 10.5. The van der Waals surface area contributed by atoms with Gasteiger partial charge in [0.15, 0.2) is 0 Å². The fraction of sp³-hybridized carbons (Fsp3) is 0.529. The Hall–Kier alpha value is -1.88. The molecule has 2 aliphatic heterocycles. The number of hydrogen-bond acceptors (Lipinski definition) is 3. The summed E-state index contributed by atoms with van der Waals surface area (Å²) in [5.74, 6) is -0.233. The number of carbonyl (C=O) groups excluding carboxylic acids is 2. The number of nitrogens with two attached hydrogens (primary N) is 1. The highest BCUT2D eigenvalue weighted by Gasteiger charge is 2.51. The third kappa shape index (κ3) is 2.50. The van der Waals surface area contributed by atoms with Gasteiger partial charge in [-0.1, -0.05) is 17.7 Å². The van der Waals surface area contributed by atoms with Gasteiger partial charge in [0.1, 0.15) is 5.54 Å². The summed E-state index contributed by atoms with van der Waals surface area (Å²) in [6.45, 7) is 3.73. The molecule has 118 valence electrons. The van der Waals surface area contributed by atoms with E-state index >= 15 is 0 Å². The molecule has 0 bridgehead atoms. The number of anilines is 1. The van der Waals surface area contributed by atoms with Crippen LogP contribution in [0.25, 0.3) is 0 Å². The van der Waals surface area contributed by atoms with Crippen molar-refractivity contribution in [3.8, 4) is 0 Å². The van der Waals surface area contributed by atoms with Crippen molar-refractivity contribution in [1.82, 2.24) is 4.90 Å². The molecule has 1 aromatic carbocycles.